The molecule has 0 N–H and O–H groups in total. The minimum Gasteiger partial charge on any atom is -0.459 e. The number of thioether (sulfide) groups is 1. The Bertz CT molecular complexity index is 676. The van der Waals surface area contributed by atoms with E-state index in [0.717, 1.165) is 16.8 Å². The van der Waals surface area contributed by atoms with Crippen LogP contribution in [0.5, 0.6) is 0 Å². The van der Waals surface area contributed by atoms with E-state index in [-0.39, 0.29) is 11.7 Å². The molecule has 0 unspecified atom stereocenters. The van der Waals surface area contributed by atoms with Gasteiger partial charge in [-0.2, -0.15) is 4.68 Å². The molecule has 0 amide bonds. The molecular weight excluding hydrogens is 300 g/mol. The smallest absolute Gasteiger partial charge is 0.316 e. The largest absolute Gasteiger partial charge is 0.459 e. The van der Waals surface area contributed by atoms with Gasteiger partial charge in [-0.1, -0.05) is 23.9 Å². The third-order valence-corrected chi connectivity index (χ3v) is 3.88. The summed E-state index contributed by atoms with van der Waals surface area (Å²) in [5.41, 5.74) is 2.69. The number of carbonyl (C=O) groups excluding carboxylic acids is 1. The van der Waals surface area contributed by atoms with Crippen molar-refractivity contribution in [3.8, 4) is 5.69 Å². The predicted molar refractivity (Wildman–Crippen MR) is 85.2 cm³/mol. The zero-order valence-electron chi connectivity index (χ0n) is 13.5. The second-order valence-corrected chi connectivity index (χ2v) is 6.91. The molecule has 1 heterocycles. The summed E-state index contributed by atoms with van der Waals surface area (Å²) in [5, 5.41) is 12.3. The van der Waals surface area contributed by atoms with E-state index in [2.05, 4.69) is 15.5 Å². The number of ether oxygens (including phenoxy) is 1. The number of hydrogen-bond acceptors (Lipinski definition) is 6. The van der Waals surface area contributed by atoms with Crippen molar-refractivity contribution >= 4 is 17.7 Å². The van der Waals surface area contributed by atoms with Gasteiger partial charge >= 0.3 is 5.97 Å². The molecular formula is C15H20N4O2S. The second kappa shape index (κ2) is 6.48. The van der Waals surface area contributed by atoms with E-state index in [1.165, 1.54) is 11.8 Å². The first kappa shape index (κ1) is 16.5. The summed E-state index contributed by atoms with van der Waals surface area (Å²) in [5.74, 6) is -0.115. The van der Waals surface area contributed by atoms with Crippen LogP contribution in [0, 0.1) is 13.8 Å². The maximum Gasteiger partial charge on any atom is 0.316 e. The molecule has 6 nitrogen and oxygen atoms in total. The summed E-state index contributed by atoms with van der Waals surface area (Å²) in [6.45, 7) is 9.59. The zero-order chi connectivity index (χ0) is 16.3. The van der Waals surface area contributed by atoms with Crippen LogP contribution in [0.3, 0.4) is 0 Å². The number of hydrogen-bond donors (Lipinski definition) is 0. The summed E-state index contributed by atoms with van der Waals surface area (Å²) >= 11 is 1.26. The van der Waals surface area contributed by atoms with Crippen LogP contribution in [0.25, 0.3) is 5.69 Å². The SMILES string of the molecule is Cc1cccc(-n2nnnc2SCC(=O)OC(C)(C)C)c1C. The van der Waals surface area contributed by atoms with Crippen LogP contribution in [-0.4, -0.2) is 37.5 Å². The molecule has 0 bridgehead atoms. The Balaban J connectivity index is 2.14. The van der Waals surface area contributed by atoms with Gasteiger partial charge < -0.3 is 4.74 Å². The fourth-order valence-electron chi connectivity index (χ4n) is 1.88. The maximum absolute atomic E-state index is 11.8. The molecule has 1 aromatic heterocycles. The lowest BCUT2D eigenvalue weighted by molar-refractivity contribution is -0.151. The third kappa shape index (κ3) is 4.07. The quantitative estimate of drug-likeness (QED) is 0.637. The molecule has 2 rings (SSSR count). The Labute approximate surface area is 134 Å². The first-order valence-electron chi connectivity index (χ1n) is 6.97. The van der Waals surface area contributed by atoms with E-state index in [4.69, 9.17) is 4.74 Å². The monoisotopic (exact) mass is 320 g/mol. The lowest BCUT2D eigenvalue weighted by Crippen LogP contribution is -2.25. The van der Waals surface area contributed by atoms with Crippen LogP contribution < -0.4 is 0 Å². The summed E-state index contributed by atoms with van der Waals surface area (Å²) in [4.78, 5) is 11.8. The van der Waals surface area contributed by atoms with Gasteiger partial charge in [-0.15, -0.1) is 5.10 Å². The Kier molecular flexibility index (Phi) is 4.85. The first-order chi connectivity index (χ1) is 10.3. The fraction of sp³-hybridized carbons (Fsp3) is 0.467. The number of aromatic nitrogens is 4. The van der Waals surface area contributed by atoms with Gasteiger partial charge in [0.05, 0.1) is 11.4 Å². The van der Waals surface area contributed by atoms with Crippen LogP contribution in [0.4, 0.5) is 0 Å². The first-order valence-corrected chi connectivity index (χ1v) is 7.96. The van der Waals surface area contributed by atoms with E-state index >= 15 is 0 Å². The standard InChI is InChI=1S/C15H20N4O2S/c1-10-7-6-8-12(11(10)2)19-14(16-17-18-19)22-9-13(20)21-15(3,4)5/h6-8H,9H2,1-5H3. The number of aryl methyl sites for hydroxylation is 1. The molecule has 0 aliphatic heterocycles. The van der Waals surface area contributed by atoms with Gasteiger partial charge in [0.1, 0.15) is 5.60 Å². The molecule has 22 heavy (non-hydrogen) atoms. The van der Waals surface area contributed by atoms with Gasteiger partial charge in [0.2, 0.25) is 5.16 Å². The van der Waals surface area contributed by atoms with Crippen LogP contribution >= 0.6 is 11.8 Å². The van der Waals surface area contributed by atoms with Crippen LogP contribution in [-0.2, 0) is 9.53 Å². The molecule has 0 spiro atoms. The fourth-order valence-corrected chi connectivity index (χ4v) is 2.54. The molecule has 0 saturated heterocycles. The normalized spacial score (nSPS) is 11.5. The minimum atomic E-state index is -0.489. The maximum atomic E-state index is 11.8. The van der Waals surface area contributed by atoms with Gasteiger partial charge in [-0.3, -0.25) is 4.79 Å². The van der Waals surface area contributed by atoms with Crippen molar-refractivity contribution in [1.29, 1.82) is 0 Å². The van der Waals surface area contributed by atoms with Gasteiger partial charge in [0, 0.05) is 0 Å². The highest BCUT2D eigenvalue weighted by molar-refractivity contribution is 7.99. The van der Waals surface area contributed by atoms with Crippen molar-refractivity contribution in [3.05, 3.63) is 29.3 Å². The zero-order valence-corrected chi connectivity index (χ0v) is 14.3. The third-order valence-electron chi connectivity index (χ3n) is 2.98. The van der Waals surface area contributed by atoms with E-state index in [0.29, 0.717) is 5.16 Å². The molecule has 0 fully saturated rings. The Hall–Kier alpha value is -1.89. The summed E-state index contributed by atoms with van der Waals surface area (Å²) < 4.78 is 6.94. The van der Waals surface area contributed by atoms with Gasteiger partial charge in [-0.05, 0) is 62.2 Å². The van der Waals surface area contributed by atoms with Crippen molar-refractivity contribution < 1.29 is 9.53 Å². The number of carbonyl (C=O) groups is 1. The van der Waals surface area contributed by atoms with Crippen LogP contribution in [0.1, 0.15) is 31.9 Å². The highest BCUT2D eigenvalue weighted by atomic mass is 32.2. The summed E-state index contributed by atoms with van der Waals surface area (Å²) in [6, 6.07) is 5.95. The highest BCUT2D eigenvalue weighted by Crippen LogP contribution is 2.22. The average molecular weight is 320 g/mol. The van der Waals surface area contributed by atoms with Crippen molar-refractivity contribution in [2.45, 2.75) is 45.4 Å². The molecule has 7 heteroatoms. The molecule has 0 saturated carbocycles. The van der Waals surface area contributed by atoms with Crippen molar-refractivity contribution in [3.63, 3.8) is 0 Å². The highest BCUT2D eigenvalue weighted by Gasteiger charge is 2.18. The van der Waals surface area contributed by atoms with Crippen LogP contribution in [0.2, 0.25) is 0 Å². The summed E-state index contributed by atoms with van der Waals surface area (Å²) in [7, 11) is 0. The molecule has 1 aromatic carbocycles. The molecule has 2 aromatic rings. The van der Waals surface area contributed by atoms with Gasteiger partial charge in [0.25, 0.3) is 0 Å². The molecule has 0 radical (unpaired) electrons. The molecule has 118 valence electrons. The van der Waals surface area contributed by atoms with Gasteiger partial charge in [0.15, 0.2) is 0 Å². The Morgan fingerprint density at radius 3 is 2.73 bits per heavy atom. The topological polar surface area (TPSA) is 69.9 Å². The average Bonchev–Trinajstić information content (AvgIpc) is 2.86. The van der Waals surface area contributed by atoms with E-state index in [1.807, 2.05) is 52.8 Å². The Morgan fingerprint density at radius 1 is 1.32 bits per heavy atom. The lowest BCUT2D eigenvalue weighted by Gasteiger charge is -2.19. The molecule has 0 aliphatic rings. The number of nitrogens with zero attached hydrogens (tertiary/aromatic N) is 4. The van der Waals surface area contributed by atoms with Crippen molar-refractivity contribution in [2.75, 3.05) is 5.75 Å². The van der Waals surface area contributed by atoms with E-state index in [9.17, 15) is 4.79 Å². The number of tetrazole rings is 1. The van der Waals surface area contributed by atoms with Crippen molar-refractivity contribution in [2.24, 2.45) is 0 Å². The second-order valence-electron chi connectivity index (χ2n) is 5.97. The van der Waals surface area contributed by atoms with E-state index in [1.54, 1.807) is 4.68 Å². The van der Waals surface area contributed by atoms with Crippen molar-refractivity contribution in [1.82, 2.24) is 20.2 Å². The lowest BCUT2D eigenvalue weighted by atomic mass is 10.1. The predicted octanol–water partition coefficient (Wildman–Crippen LogP) is 2.71. The number of rotatable bonds is 4. The van der Waals surface area contributed by atoms with E-state index < -0.39 is 5.60 Å². The minimum absolute atomic E-state index is 0.169. The summed E-state index contributed by atoms with van der Waals surface area (Å²) in [6.07, 6.45) is 0. The molecule has 0 aliphatic carbocycles. The Morgan fingerprint density at radius 2 is 2.05 bits per heavy atom. The van der Waals surface area contributed by atoms with Gasteiger partial charge in [-0.25, -0.2) is 0 Å². The number of esters is 1. The van der Waals surface area contributed by atoms with Crippen LogP contribution in [0.15, 0.2) is 23.4 Å². The molecule has 0 atom stereocenters. The number of benzene rings is 1.